The van der Waals surface area contributed by atoms with Crippen LogP contribution in [0.4, 0.5) is 15.8 Å². The molecule has 1 heterocycles. The van der Waals surface area contributed by atoms with Crippen LogP contribution in [-0.4, -0.2) is 19.7 Å². The third kappa shape index (κ3) is 2.16. The maximum absolute atomic E-state index is 14.0. The highest BCUT2D eigenvalue weighted by molar-refractivity contribution is 5.64. The van der Waals surface area contributed by atoms with Crippen molar-refractivity contribution < 1.29 is 9.13 Å². The second kappa shape index (κ2) is 4.82. The minimum absolute atomic E-state index is 0.261. The second-order valence-electron chi connectivity index (χ2n) is 4.44. The van der Waals surface area contributed by atoms with Gasteiger partial charge in [-0.3, -0.25) is 0 Å². The number of methoxy groups -OCH3 is 1. The molecule has 17 heavy (non-hydrogen) atoms. The van der Waals surface area contributed by atoms with Crippen molar-refractivity contribution in [2.45, 2.75) is 32.2 Å². The zero-order valence-corrected chi connectivity index (χ0v) is 10.4. The molecule has 0 aliphatic carbocycles. The molecule has 3 nitrogen and oxygen atoms in total. The van der Waals surface area contributed by atoms with Gasteiger partial charge in [-0.05, 0) is 19.3 Å². The largest absolute Gasteiger partial charge is 0.495 e. The molecule has 94 valence electrons. The summed E-state index contributed by atoms with van der Waals surface area (Å²) in [6.07, 6.45) is 3.28. The van der Waals surface area contributed by atoms with Crippen molar-refractivity contribution in [1.82, 2.24) is 0 Å². The van der Waals surface area contributed by atoms with E-state index in [1.165, 1.54) is 6.07 Å². The fourth-order valence-electron chi connectivity index (χ4n) is 2.53. The van der Waals surface area contributed by atoms with Crippen LogP contribution in [0.5, 0.6) is 5.75 Å². The molecule has 1 saturated heterocycles. The molecule has 1 aromatic carbocycles. The van der Waals surface area contributed by atoms with E-state index in [1.807, 2.05) is 0 Å². The fraction of sp³-hybridized carbons (Fsp3) is 0.538. The SMILES string of the molecule is CCC1CCCN1c1cc(OC)c(N)cc1F. The highest BCUT2D eigenvalue weighted by Gasteiger charge is 2.26. The van der Waals surface area contributed by atoms with Gasteiger partial charge in [-0.25, -0.2) is 4.39 Å². The van der Waals surface area contributed by atoms with Crippen LogP contribution in [-0.2, 0) is 0 Å². The van der Waals surface area contributed by atoms with E-state index in [4.69, 9.17) is 10.5 Å². The van der Waals surface area contributed by atoms with Gasteiger partial charge in [0.25, 0.3) is 0 Å². The van der Waals surface area contributed by atoms with Gasteiger partial charge in [0.15, 0.2) is 0 Å². The summed E-state index contributed by atoms with van der Waals surface area (Å²) < 4.78 is 19.1. The predicted octanol–water partition coefficient (Wildman–Crippen LogP) is 2.80. The van der Waals surface area contributed by atoms with Crippen molar-refractivity contribution in [3.63, 3.8) is 0 Å². The van der Waals surface area contributed by atoms with Crippen LogP contribution in [0.1, 0.15) is 26.2 Å². The molecule has 0 amide bonds. The van der Waals surface area contributed by atoms with Gasteiger partial charge in [-0.2, -0.15) is 0 Å². The molecule has 2 rings (SSSR count). The first-order chi connectivity index (χ1) is 8.17. The van der Waals surface area contributed by atoms with Crippen LogP contribution in [0.25, 0.3) is 0 Å². The molecule has 0 spiro atoms. The predicted molar refractivity (Wildman–Crippen MR) is 68.0 cm³/mol. The first kappa shape index (κ1) is 12.0. The van der Waals surface area contributed by atoms with Crippen LogP contribution in [0.2, 0.25) is 0 Å². The van der Waals surface area contributed by atoms with E-state index in [1.54, 1.807) is 13.2 Å². The van der Waals surface area contributed by atoms with Crippen molar-refractivity contribution in [2.75, 3.05) is 24.3 Å². The summed E-state index contributed by atoms with van der Waals surface area (Å²) >= 11 is 0. The van der Waals surface area contributed by atoms with Gasteiger partial charge in [0.1, 0.15) is 11.6 Å². The molecule has 2 N–H and O–H groups in total. The van der Waals surface area contributed by atoms with E-state index >= 15 is 0 Å². The topological polar surface area (TPSA) is 38.5 Å². The molecule has 1 fully saturated rings. The number of nitrogens with zero attached hydrogens (tertiary/aromatic N) is 1. The number of hydrogen-bond acceptors (Lipinski definition) is 3. The number of benzene rings is 1. The number of rotatable bonds is 3. The third-order valence-corrected chi connectivity index (χ3v) is 3.46. The van der Waals surface area contributed by atoms with E-state index in [9.17, 15) is 4.39 Å². The van der Waals surface area contributed by atoms with Crippen LogP contribution in [0, 0.1) is 5.82 Å². The Labute approximate surface area is 101 Å². The maximum Gasteiger partial charge on any atom is 0.148 e. The number of ether oxygens (including phenoxy) is 1. The Morgan fingerprint density at radius 2 is 2.29 bits per heavy atom. The average Bonchev–Trinajstić information content (AvgIpc) is 2.77. The third-order valence-electron chi connectivity index (χ3n) is 3.46. The Balaban J connectivity index is 2.37. The zero-order chi connectivity index (χ0) is 12.4. The summed E-state index contributed by atoms with van der Waals surface area (Å²) in [5.74, 6) is 0.284. The van der Waals surface area contributed by atoms with Gasteiger partial charge in [0, 0.05) is 24.7 Å². The van der Waals surface area contributed by atoms with Gasteiger partial charge >= 0.3 is 0 Å². The maximum atomic E-state index is 14.0. The minimum atomic E-state index is -0.261. The lowest BCUT2D eigenvalue weighted by atomic mass is 10.1. The summed E-state index contributed by atoms with van der Waals surface area (Å²) in [6, 6.07) is 3.48. The Morgan fingerprint density at radius 1 is 1.53 bits per heavy atom. The Kier molecular flexibility index (Phi) is 3.41. The Bertz CT molecular complexity index is 409. The normalized spacial score (nSPS) is 19.7. The van der Waals surface area contributed by atoms with Gasteiger partial charge in [0.2, 0.25) is 0 Å². The van der Waals surface area contributed by atoms with E-state index in [-0.39, 0.29) is 5.82 Å². The lowest BCUT2D eigenvalue weighted by molar-refractivity contribution is 0.416. The Morgan fingerprint density at radius 3 is 2.94 bits per heavy atom. The highest BCUT2D eigenvalue weighted by Crippen LogP contribution is 2.35. The number of halogens is 1. The quantitative estimate of drug-likeness (QED) is 0.823. The summed E-state index contributed by atoms with van der Waals surface area (Å²) in [4.78, 5) is 2.12. The first-order valence-corrected chi connectivity index (χ1v) is 6.07. The van der Waals surface area contributed by atoms with E-state index in [0.29, 0.717) is 23.2 Å². The summed E-state index contributed by atoms with van der Waals surface area (Å²) in [7, 11) is 1.55. The zero-order valence-electron chi connectivity index (χ0n) is 10.4. The number of nitrogens with two attached hydrogens (primary N) is 1. The average molecular weight is 238 g/mol. The van der Waals surface area contributed by atoms with Crippen molar-refractivity contribution in [3.8, 4) is 5.75 Å². The van der Waals surface area contributed by atoms with Gasteiger partial charge in [0.05, 0.1) is 18.5 Å². The number of hydrogen-bond donors (Lipinski definition) is 1. The molecule has 1 unspecified atom stereocenters. The van der Waals surface area contributed by atoms with Gasteiger partial charge in [-0.1, -0.05) is 6.92 Å². The van der Waals surface area contributed by atoms with Crippen LogP contribution in [0.15, 0.2) is 12.1 Å². The lowest BCUT2D eigenvalue weighted by Crippen LogP contribution is -2.29. The molecule has 0 radical (unpaired) electrons. The van der Waals surface area contributed by atoms with Gasteiger partial charge in [-0.15, -0.1) is 0 Å². The molecule has 1 aromatic rings. The van der Waals surface area contributed by atoms with Crippen molar-refractivity contribution in [2.24, 2.45) is 0 Å². The number of nitrogen functional groups attached to an aromatic ring is 1. The van der Waals surface area contributed by atoms with E-state index in [2.05, 4.69) is 11.8 Å². The summed E-state index contributed by atoms with van der Waals surface area (Å²) in [5.41, 5.74) is 6.64. The molecular formula is C13H19FN2O. The minimum Gasteiger partial charge on any atom is -0.495 e. The van der Waals surface area contributed by atoms with Crippen LogP contribution < -0.4 is 15.4 Å². The van der Waals surface area contributed by atoms with Crippen LogP contribution >= 0.6 is 0 Å². The fourth-order valence-corrected chi connectivity index (χ4v) is 2.53. The molecule has 1 aliphatic rings. The number of anilines is 2. The standard InChI is InChI=1S/C13H19FN2O/c1-3-9-5-4-6-16(9)12-8-13(17-2)11(15)7-10(12)14/h7-9H,3-6,15H2,1-2H3. The van der Waals surface area contributed by atoms with Crippen molar-refractivity contribution in [1.29, 1.82) is 0 Å². The molecule has 0 aromatic heterocycles. The highest BCUT2D eigenvalue weighted by atomic mass is 19.1. The lowest BCUT2D eigenvalue weighted by Gasteiger charge is -2.27. The first-order valence-electron chi connectivity index (χ1n) is 6.07. The monoisotopic (exact) mass is 238 g/mol. The molecular weight excluding hydrogens is 219 g/mol. The second-order valence-corrected chi connectivity index (χ2v) is 4.44. The van der Waals surface area contributed by atoms with Gasteiger partial charge < -0.3 is 15.4 Å². The van der Waals surface area contributed by atoms with Crippen molar-refractivity contribution in [3.05, 3.63) is 17.9 Å². The van der Waals surface area contributed by atoms with E-state index in [0.717, 1.165) is 25.8 Å². The summed E-state index contributed by atoms with van der Waals surface area (Å²) in [6.45, 7) is 3.04. The Hall–Kier alpha value is -1.45. The summed E-state index contributed by atoms with van der Waals surface area (Å²) in [5, 5.41) is 0. The van der Waals surface area contributed by atoms with Crippen LogP contribution in [0.3, 0.4) is 0 Å². The van der Waals surface area contributed by atoms with Crippen molar-refractivity contribution >= 4 is 11.4 Å². The molecule has 1 aliphatic heterocycles. The smallest absolute Gasteiger partial charge is 0.148 e. The molecule has 1 atom stereocenters. The molecule has 4 heteroatoms. The molecule has 0 saturated carbocycles. The molecule has 0 bridgehead atoms. The van der Waals surface area contributed by atoms with E-state index < -0.39 is 0 Å².